The molecule has 0 saturated carbocycles. The largest absolute Gasteiger partial charge is 0.0830 e. The van der Waals surface area contributed by atoms with Gasteiger partial charge >= 0.3 is 0 Å². The van der Waals surface area contributed by atoms with E-state index in [4.69, 9.17) is 11.6 Å². The maximum absolute atomic E-state index is 6.44. The topological polar surface area (TPSA) is 0 Å². The minimum Gasteiger partial charge on any atom is -0.0830 e. The molecule has 0 bridgehead atoms. The van der Waals surface area contributed by atoms with Crippen molar-refractivity contribution < 1.29 is 0 Å². The fraction of sp³-hybridized carbons (Fsp3) is 0. The second-order valence-electron chi connectivity index (χ2n) is 3.72. The highest BCUT2D eigenvalue weighted by atomic mass is 127. The van der Waals surface area contributed by atoms with Crippen molar-refractivity contribution in [3.05, 3.63) is 57.1 Å². The fourth-order valence-corrected chi connectivity index (χ4v) is 3.29. The van der Waals surface area contributed by atoms with Gasteiger partial charge in [-0.3, -0.25) is 0 Å². The molecular weight excluding hydrogens is 331 g/mol. The molecule has 0 heterocycles. The van der Waals surface area contributed by atoms with Gasteiger partial charge in [0.15, 0.2) is 0 Å². The van der Waals surface area contributed by atoms with E-state index in [1.807, 2.05) is 12.1 Å². The Balaban J connectivity index is 2.67. The monoisotopic (exact) mass is 338 g/mol. The van der Waals surface area contributed by atoms with Crippen molar-refractivity contribution in [1.82, 2.24) is 0 Å². The molecule has 78 valence electrons. The highest BCUT2D eigenvalue weighted by Gasteiger charge is 2.09. The first-order valence-corrected chi connectivity index (χ1v) is 6.49. The zero-order valence-electron chi connectivity index (χ0n) is 8.37. The van der Waals surface area contributed by atoms with E-state index in [1.54, 1.807) is 0 Å². The van der Waals surface area contributed by atoms with Gasteiger partial charge in [0.05, 0.1) is 5.02 Å². The van der Waals surface area contributed by atoms with Crippen LogP contribution in [0.25, 0.3) is 21.5 Å². The van der Waals surface area contributed by atoms with Crippen LogP contribution < -0.4 is 0 Å². The zero-order valence-corrected chi connectivity index (χ0v) is 11.3. The van der Waals surface area contributed by atoms with Crippen LogP contribution in [0.4, 0.5) is 0 Å². The van der Waals surface area contributed by atoms with E-state index in [1.165, 1.54) is 14.3 Å². The summed E-state index contributed by atoms with van der Waals surface area (Å²) in [6.07, 6.45) is 0. The molecule has 0 fully saturated rings. The standard InChI is InChI=1S/C14H8ClI/c15-13-9-5-1-3-7-11(9)14(16)12-8-4-2-6-10(12)13/h1-8H. The third kappa shape index (κ3) is 1.42. The Morgan fingerprint density at radius 2 is 1.06 bits per heavy atom. The summed E-state index contributed by atoms with van der Waals surface area (Å²) >= 11 is 8.84. The van der Waals surface area contributed by atoms with Gasteiger partial charge in [-0.15, -0.1) is 0 Å². The number of fused-ring (bicyclic) bond motifs is 2. The summed E-state index contributed by atoms with van der Waals surface area (Å²) in [5.41, 5.74) is 0. The smallest absolute Gasteiger partial charge is 0.0563 e. The molecule has 0 radical (unpaired) electrons. The first-order valence-electron chi connectivity index (χ1n) is 5.03. The summed E-state index contributed by atoms with van der Waals surface area (Å²) < 4.78 is 1.27. The number of benzene rings is 3. The third-order valence-corrected chi connectivity index (χ3v) is 4.37. The van der Waals surface area contributed by atoms with Crippen molar-refractivity contribution in [1.29, 1.82) is 0 Å². The molecule has 0 aromatic heterocycles. The minimum absolute atomic E-state index is 0.853. The van der Waals surface area contributed by atoms with Crippen molar-refractivity contribution >= 4 is 55.7 Å². The molecule has 3 aromatic carbocycles. The van der Waals surface area contributed by atoms with Crippen molar-refractivity contribution in [3.63, 3.8) is 0 Å². The van der Waals surface area contributed by atoms with Crippen LogP contribution in [-0.2, 0) is 0 Å². The summed E-state index contributed by atoms with van der Waals surface area (Å²) in [5, 5.41) is 5.57. The van der Waals surface area contributed by atoms with Crippen LogP contribution >= 0.6 is 34.2 Å². The molecule has 0 aliphatic heterocycles. The van der Waals surface area contributed by atoms with Gasteiger partial charge in [-0.05, 0) is 33.4 Å². The lowest BCUT2D eigenvalue weighted by Gasteiger charge is -2.08. The lowest BCUT2D eigenvalue weighted by molar-refractivity contribution is 1.74. The quantitative estimate of drug-likeness (QED) is 0.388. The normalized spacial score (nSPS) is 11.1. The second-order valence-corrected chi connectivity index (χ2v) is 5.18. The average molecular weight is 339 g/mol. The van der Waals surface area contributed by atoms with Gasteiger partial charge in [-0.2, -0.15) is 0 Å². The number of hydrogen-bond acceptors (Lipinski definition) is 0. The van der Waals surface area contributed by atoms with Gasteiger partial charge in [0, 0.05) is 14.3 Å². The lowest BCUT2D eigenvalue weighted by atomic mass is 10.0. The van der Waals surface area contributed by atoms with E-state index >= 15 is 0 Å². The predicted octanol–water partition coefficient (Wildman–Crippen LogP) is 5.25. The fourth-order valence-electron chi connectivity index (χ4n) is 2.02. The molecule has 3 aromatic rings. The van der Waals surface area contributed by atoms with E-state index < -0.39 is 0 Å². The van der Waals surface area contributed by atoms with Crippen LogP contribution in [-0.4, -0.2) is 0 Å². The Labute approximate surface area is 112 Å². The average Bonchev–Trinajstić information content (AvgIpc) is 2.36. The van der Waals surface area contributed by atoms with Crippen LogP contribution in [0.1, 0.15) is 0 Å². The summed E-state index contributed by atoms with van der Waals surface area (Å²) in [6, 6.07) is 16.5. The summed E-state index contributed by atoms with van der Waals surface area (Å²) in [6.45, 7) is 0. The highest BCUT2D eigenvalue weighted by Crippen LogP contribution is 2.36. The minimum atomic E-state index is 0.853. The van der Waals surface area contributed by atoms with Crippen molar-refractivity contribution in [2.24, 2.45) is 0 Å². The number of rotatable bonds is 0. The first-order chi connectivity index (χ1) is 7.79. The van der Waals surface area contributed by atoms with E-state index in [-0.39, 0.29) is 0 Å². The SMILES string of the molecule is Clc1c2ccccc2c(I)c2ccccc12. The maximum atomic E-state index is 6.44. The molecule has 0 spiro atoms. The number of hydrogen-bond donors (Lipinski definition) is 0. The molecule has 16 heavy (non-hydrogen) atoms. The molecule has 0 N–H and O–H groups in total. The van der Waals surface area contributed by atoms with E-state index in [0.717, 1.165) is 15.8 Å². The highest BCUT2D eigenvalue weighted by molar-refractivity contribution is 14.1. The molecule has 0 nitrogen and oxygen atoms in total. The van der Waals surface area contributed by atoms with E-state index in [2.05, 4.69) is 59.0 Å². The third-order valence-electron chi connectivity index (χ3n) is 2.80. The Kier molecular flexibility index (Phi) is 2.52. The van der Waals surface area contributed by atoms with Crippen molar-refractivity contribution in [2.45, 2.75) is 0 Å². The van der Waals surface area contributed by atoms with Crippen molar-refractivity contribution in [2.75, 3.05) is 0 Å². The molecule has 0 aliphatic rings. The Hall–Kier alpha value is -0.800. The zero-order chi connectivity index (χ0) is 11.1. The van der Waals surface area contributed by atoms with Gasteiger partial charge < -0.3 is 0 Å². The van der Waals surface area contributed by atoms with E-state index in [0.29, 0.717) is 0 Å². The van der Waals surface area contributed by atoms with Crippen LogP contribution in [0.15, 0.2) is 48.5 Å². The molecule has 3 rings (SSSR count). The molecular formula is C14H8ClI. The van der Waals surface area contributed by atoms with Gasteiger partial charge in [0.25, 0.3) is 0 Å². The van der Waals surface area contributed by atoms with Gasteiger partial charge in [-0.1, -0.05) is 60.1 Å². The summed E-state index contributed by atoms with van der Waals surface area (Å²) in [4.78, 5) is 0. The second kappa shape index (κ2) is 3.90. The molecule has 0 unspecified atom stereocenters. The molecule has 2 heteroatoms. The Morgan fingerprint density at radius 3 is 1.50 bits per heavy atom. The van der Waals surface area contributed by atoms with Crippen LogP contribution in [0.3, 0.4) is 0 Å². The predicted molar refractivity (Wildman–Crippen MR) is 79.2 cm³/mol. The van der Waals surface area contributed by atoms with Crippen LogP contribution in [0.2, 0.25) is 5.02 Å². The van der Waals surface area contributed by atoms with Gasteiger partial charge in [-0.25, -0.2) is 0 Å². The number of halogens is 2. The molecule has 0 saturated heterocycles. The van der Waals surface area contributed by atoms with Crippen molar-refractivity contribution in [3.8, 4) is 0 Å². The van der Waals surface area contributed by atoms with Crippen LogP contribution in [0, 0.1) is 3.57 Å². The molecule has 0 amide bonds. The Morgan fingerprint density at radius 1 is 0.688 bits per heavy atom. The lowest BCUT2D eigenvalue weighted by Crippen LogP contribution is -1.84. The maximum Gasteiger partial charge on any atom is 0.0563 e. The Bertz CT molecular complexity index is 572. The molecule has 0 atom stereocenters. The first kappa shape index (κ1) is 10.4. The van der Waals surface area contributed by atoms with E-state index in [9.17, 15) is 0 Å². The summed E-state index contributed by atoms with van der Waals surface area (Å²) in [5.74, 6) is 0. The van der Waals surface area contributed by atoms with Gasteiger partial charge in [0.1, 0.15) is 0 Å². The van der Waals surface area contributed by atoms with Gasteiger partial charge in [0.2, 0.25) is 0 Å². The molecule has 0 aliphatic carbocycles. The summed E-state index contributed by atoms with van der Waals surface area (Å²) in [7, 11) is 0. The van der Waals surface area contributed by atoms with Crippen LogP contribution in [0.5, 0.6) is 0 Å².